The number of carbonyl (C=O) groups is 1. The summed E-state index contributed by atoms with van der Waals surface area (Å²) >= 11 is 0. The second kappa shape index (κ2) is 7.52. The lowest BCUT2D eigenvalue weighted by molar-refractivity contribution is -0.885. The van der Waals surface area contributed by atoms with E-state index in [1.807, 2.05) is 22.9 Å². The minimum Gasteiger partial charge on any atom is -0.346 e. The van der Waals surface area contributed by atoms with Gasteiger partial charge in [0.25, 0.3) is 5.91 Å². The Morgan fingerprint density at radius 2 is 1.70 bits per heavy atom. The number of quaternary nitrogens is 1. The molecule has 2 aromatic rings. The van der Waals surface area contributed by atoms with Gasteiger partial charge in [0.1, 0.15) is 6.54 Å². The molecule has 1 heterocycles. The van der Waals surface area contributed by atoms with Crippen LogP contribution in [0, 0.1) is 31.6 Å². The maximum atomic E-state index is 13.0. The number of likely N-dealkylation sites (N-methyl/N-ethyl adjacent to an activating group) is 1. The van der Waals surface area contributed by atoms with Crippen molar-refractivity contribution < 1.29 is 9.69 Å². The number of nitrogens with one attached hydrogen (secondary N) is 2. The number of hydrogen-bond acceptors (Lipinski definition) is 2. The second-order valence-corrected chi connectivity index (χ2v) is 10.5. The molecule has 4 bridgehead atoms. The van der Waals surface area contributed by atoms with Gasteiger partial charge in [-0.2, -0.15) is 5.10 Å². The molecule has 6 rings (SSSR count). The van der Waals surface area contributed by atoms with E-state index in [1.165, 1.54) is 54.7 Å². The van der Waals surface area contributed by atoms with E-state index in [9.17, 15) is 4.79 Å². The summed E-state index contributed by atoms with van der Waals surface area (Å²) in [4.78, 5) is 14.2. The molecule has 1 aromatic heterocycles. The van der Waals surface area contributed by atoms with Crippen LogP contribution in [0.15, 0.2) is 30.3 Å². The molecule has 4 aliphatic rings. The minimum atomic E-state index is 0.107. The molecule has 30 heavy (non-hydrogen) atoms. The average molecular weight is 408 g/mol. The van der Waals surface area contributed by atoms with E-state index in [2.05, 4.69) is 38.3 Å². The number of benzene rings is 1. The minimum absolute atomic E-state index is 0.107. The topological polar surface area (TPSA) is 51.4 Å². The first-order chi connectivity index (χ1) is 14.4. The van der Waals surface area contributed by atoms with Gasteiger partial charge in [0, 0.05) is 5.54 Å². The zero-order chi connectivity index (χ0) is 20.9. The largest absolute Gasteiger partial charge is 0.346 e. The summed E-state index contributed by atoms with van der Waals surface area (Å²) in [5, 5.41) is 8.28. The van der Waals surface area contributed by atoms with Gasteiger partial charge in [0.15, 0.2) is 6.54 Å². The SMILES string of the molecule is Cc1nn(-c2ccccc2)c(C)c1C[NH+](C)CC(=O)NC12CC3CC(CC(C3)C1)C2. The molecule has 4 aliphatic carbocycles. The van der Waals surface area contributed by atoms with Gasteiger partial charge < -0.3 is 10.2 Å². The summed E-state index contributed by atoms with van der Waals surface area (Å²) in [5.41, 5.74) is 4.66. The second-order valence-electron chi connectivity index (χ2n) is 10.5. The Morgan fingerprint density at radius 1 is 1.10 bits per heavy atom. The Hall–Kier alpha value is -2.14. The summed E-state index contributed by atoms with van der Waals surface area (Å²) in [6.45, 7) is 5.55. The molecular formula is C25H35N4O+. The van der Waals surface area contributed by atoms with Crippen molar-refractivity contribution in [2.75, 3.05) is 13.6 Å². The van der Waals surface area contributed by atoms with Gasteiger partial charge in [-0.3, -0.25) is 4.79 Å². The Balaban J connectivity index is 1.23. The van der Waals surface area contributed by atoms with Crippen LogP contribution in [-0.4, -0.2) is 34.8 Å². The van der Waals surface area contributed by atoms with E-state index in [4.69, 9.17) is 5.10 Å². The normalized spacial score (nSPS) is 30.4. The smallest absolute Gasteiger partial charge is 0.275 e. The molecular weight excluding hydrogens is 372 g/mol. The van der Waals surface area contributed by atoms with E-state index in [0.29, 0.717) is 6.54 Å². The number of para-hydroxylation sites is 1. The number of amides is 1. The number of hydrogen-bond donors (Lipinski definition) is 2. The van der Waals surface area contributed by atoms with Crippen LogP contribution >= 0.6 is 0 Å². The van der Waals surface area contributed by atoms with Crippen LogP contribution in [-0.2, 0) is 11.3 Å². The van der Waals surface area contributed by atoms with Crippen LogP contribution in [0.3, 0.4) is 0 Å². The summed E-state index contributed by atoms with van der Waals surface area (Å²) in [5.74, 6) is 2.79. The van der Waals surface area contributed by atoms with Gasteiger partial charge in [0.05, 0.1) is 29.7 Å². The summed E-state index contributed by atoms with van der Waals surface area (Å²) in [6.07, 6.45) is 7.86. The molecule has 0 spiro atoms. The quantitative estimate of drug-likeness (QED) is 0.773. The fourth-order valence-electron chi connectivity index (χ4n) is 6.99. The predicted molar refractivity (Wildman–Crippen MR) is 118 cm³/mol. The highest BCUT2D eigenvalue weighted by atomic mass is 16.2. The molecule has 1 amide bonds. The Kier molecular flexibility index (Phi) is 4.97. The highest BCUT2D eigenvalue weighted by Gasteiger charge is 2.51. The predicted octanol–water partition coefficient (Wildman–Crippen LogP) is 2.59. The molecule has 1 unspecified atom stereocenters. The lowest BCUT2D eigenvalue weighted by Gasteiger charge is -2.56. The standard InChI is InChI=1S/C25H34N4O/c1-17-23(18(2)29(27-17)22-7-5-4-6-8-22)15-28(3)16-24(30)26-25-12-19-9-20(13-25)11-21(10-19)14-25/h4-8,19-21H,9-16H2,1-3H3,(H,26,30)/p+1. The first-order valence-corrected chi connectivity index (χ1v) is 11.6. The van der Waals surface area contributed by atoms with Crippen LogP contribution in [0.25, 0.3) is 5.69 Å². The molecule has 0 saturated heterocycles. The highest BCUT2D eigenvalue weighted by molar-refractivity contribution is 5.77. The van der Waals surface area contributed by atoms with Crippen molar-refractivity contribution in [3.63, 3.8) is 0 Å². The van der Waals surface area contributed by atoms with Crippen molar-refractivity contribution in [1.29, 1.82) is 0 Å². The summed E-state index contributed by atoms with van der Waals surface area (Å²) in [6, 6.07) is 10.3. The molecule has 5 nitrogen and oxygen atoms in total. The zero-order valence-electron chi connectivity index (χ0n) is 18.6. The maximum Gasteiger partial charge on any atom is 0.275 e. The van der Waals surface area contributed by atoms with Gasteiger partial charge >= 0.3 is 0 Å². The molecule has 4 fully saturated rings. The van der Waals surface area contributed by atoms with E-state index in [-0.39, 0.29) is 11.4 Å². The monoisotopic (exact) mass is 407 g/mol. The number of carbonyl (C=O) groups excluding carboxylic acids is 1. The molecule has 0 aliphatic heterocycles. The van der Waals surface area contributed by atoms with Crippen molar-refractivity contribution in [1.82, 2.24) is 15.1 Å². The number of aromatic nitrogens is 2. The average Bonchev–Trinajstić information content (AvgIpc) is 2.95. The lowest BCUT2D eigenvalue weighted by Crippen LogP contribution is -3.09. The highest BCUT2D eigenvalue weighted by Crippen LogP contribution is 2.55. The Labute approximate surface area is 179 Å². The van der Waals surface area contributed by atoms with Crippen LogP contribution in [0.2, 0.25) is 0 Å². The van der Waals surface area contributed by atoms with Gasteiger partial charge in [-0.15, -0.1) is 0 Å². The lowest BCUT2D eigenvalue weighted by atomic mass is 9.53. The number of rotatable bonds is 6. The van der Waals surface area contributed by atoms with E-state index < -0.39 is 0 Å². The first-order valence-electron chi connectivity index (χ1n) is 11.6. The Morgan fingerprint density at radius 3 is 2.30 bits per heavy atom. The van der Waals surface area contributed by atoms with Crippen LogP contribution in [0.5, 0.6) is 0 Å². The van der Waals surface area contributed by atoms with Crippen molar-refractivity contribution in [2.24, 2.45) is 17.8 Å². The van der Waals surface area contributed by atoms with Gasteiger partial charge in [-0.05, 0) is 82.3 Å². The van der Waals surface area contributed by atoms with Crippen molar-refractivity contribution in [2.45, 2.75) is 64.5 Å². The molecule has 1 atom stereocenters. The molecule has 160 valence electrons. The molecule has 1 aromatic carbocycles. The summed E-state index contributed by atoms with van der Waals surface area (Å²) < 4.78 is 2.02. The summed E-state index contributed by atoms with van der Waals surface area (Å²) in [7, 11) is 2.12. The van der Waals surface area contributed by atoms with Crippen LogP contribution < -0.4 is 10.2 Å². The molecule has 4 saturated carbocycles. The van der Waals surface area contributed by atoms with E-state index in [0.717, 1.165) is 35.7 Å². The van der Waals surface area contributed by atoms with Gasteiger partial charge in [-0.1, -0.05) is 18.2 Å². The Bertz CT molecular complexity index is 897. The number of nitrogens with zero attached hydrogens (tertiary/aromatic N) is 2. The van der Waals surface area contributed by atoms with Gasteiger partial charge in [0.2, 0.25) is 0 Å². The van der Waals surface area contributed by atoms with E-state index in [1.54, 1.807) is 0 Å². The van der Waals surface area contributed by atoms with Crippen LogP contribution in [0.4, 0.5) is 0 Å². The van der Waals surface area contributed by atoms with E-state index >= 15 is 0 Å². The molecule has 0 radical (unpaired) electrons. The van der Waals surface area contributed by atoms with Gasteiger partial charge in [-0.25, -0.2) is 4.68 Å². The fraction of sp³-hybridized carbons (Fsp3) is 0.600. The zero-order valence-corrected chi connectivity index (χ0v) is 18.6. The third-order valence-electron chi connectivity index (χ3n) is 7.83. The molecule has 5 heteroatoms. The molecule has 2 N–H and O–H groups in total. The maximum absolute atomic E-state index is 13.0. The van der Waals surface area contributed by atoms with Crippen LogP contribution in [0.1, 0.15) is 55.5 Å². The fourth-order valence-corrected chi connectivity index (χ4v) is 6.99. The number of aryl methyl sites for hydroxylation is 1. The third-order valence-corrected chi connectivity index (χ3v) is 7.83. The van der Waals surface area contributed by atoms with Crippen molar-refractivity contribution in [3.05, 3.63) is 47.3 Å². The third kappa shape index (κ3) is 3.68. The van der Waals surface area contributed by atoms with Crippen molar-refractivity contribution in [3.8, 4) is 5.69 Å². The van der Waals surface area contributed by atoms with Crippen molar-refractivity contribution >= 4 is 5.91 Å². The first kappa shape index (κ1) is 19.8.